The van der Waals surface area contributed by atoms with E-state index in [1.165, 1.54) is 13.0 Å². The Morgan fingerprint density at radius 3 is 2.50 bits per heavy atom. The van der Waals surface area contributed by atoms with Crippen molar-refractivity contribution in [1.82, 2.24) is 9.38 Å². The summed E-state index contributed by atoms with van der Waals surface area (Å²) in [5.74, 6) is -1.15. The molecule has 0 saturated heterocycles. The van der Waals surface area contributed by atoms with Crippen LogP contribution < -0.4 is 0 Å². The van der Waals surface area contributed by atoms with Crippen molar-refractivity contribution in [2.45, 2.75) is 18.1 Å². The maximum atomic E-state index is 13.1. The number of ketones is 1. The largest absolute Gasteiger partial charge is 0.431 e. The number of aromatic nitrogens is 2. The Balaban J connectivity index is 3.02. The van der Waals surface area contributed by atoms with Crippen molar-refractivity contribution in [3.05, 3.63) is 29.6 Å². The molecule has 0 fully saturated rings. The van der Waals surface area contributed by atoms with Crippen molar-refractivity contribution in [1.29, 1.82) is 0 Å². The van der Waals surface area contributed by atoms with Gasteiger partial charge in [0.05, 0.1) is 11.1 Å². The van der Waals surface area contributed by atoms with Crippen molar-refractivity contribution in [3.8, 4) is 0 Å². The van der Waals surface area contributed by atoms with E-state index in [9.17, 15) is 26.4 Å². The third-order valence-electron chi connectivity index (χ3n) is 2.95. The van der Waals surface area contributed by atoms with E-state index in [-0.39, 0.29) is 11.0 Å². The lowest BCUT2D eigenvalue weighted by molar-refractivity contribution is -0.142. The van der Waals surface area contributed by atoms with Crippen LogP contribution in [0.2, 0.25) is 0 Å². The molecule has 2 aromatic rings. The highest BCUT2D eigenvalue weighted by Crippen LogP contribution is 2.32. The van der Waals surface area contributed by atoms with Gasteiger partial charge in [-0.1, -0.05) is 28.9 Å². The van der Waals surface area contributed by atoms with Crippen LogP contribution in [0.5, 0.6) is 0 Å². The van der Waals surface area contributed by atoms with E-state index in [0.717, 1.165) is 12.1 Å². The summed E-state index contributed by atoms with van der Waals surface area (Å²) in [5.41, 5.74) is -1.93. The lowest BCUT2D eigenvalue weighted by Crippen LogP contribution is -2.18. The molecule has 0 spiro atoms. The maximum Gasteiger partial charge on any atom is 0.431 e. The average Bonchev–Trinajstić information content (AvgIpc) is 2.85. The van der Waals surface area contributed by atoms with E-state index in [0.29, 0.717) is 4.40 Å². The molecule has 0 atom stereocenters. The minimum Gasteiger partial charge on any atom is -0.291 e. The summed E-state index contributed by atoms with van der Waals surface area (Å²) >= 11 is 2.87. The number of nitrogens with zero attached hydrogens (tertiary/aromatic N) is 2. The zero-order chi connectivity index (χ0) is 16.7. The molecule has 2 aromatic heterocycles. The summed E-state index contributed by atoms with van der Waals surface area (Å²) in [5, 5.41) is -0.966. The molecule has 0 amide bonds. The van der Waals surface area contributed by atoms with Gasteiger partial charge in [0.15, 0.2) is 20.6 Å². The molecule has 0 unspecified atom stereocenters. The topological polar surface area (TPSA) is 68.5 Å². The molecular formula is C12H10BrF3N2O3S. The van der Waals surface area contributed by atoms with E-state index in [2.05, 4.69) is 20.9 Å². The molecule has 120 valence electrons. The molecule has 2 rings (SSSR count). The van der Waals surface area contributed by atoms with Crippen LogP contribution in [0.1, 0.15) is 23.1 Å². The number of alkyl halides is 4. The number of carbonyl (C=O) groups is 1. The van der Waals surface area contributed by atoms with Crippen LogP contribution >= 0.6 is 15.9 Å². The first kappa shape index (κ1) is 16.9. The highest BCUT2D eigenvalue weighted by Gasteiger charge is 2.37. The van der Waals surface area contributed by atoms with Gasteiger partial charge in [-0.05, 0) is 12.1 Å². The molecular weight excluding hydrogens is 389 g/mol. The van der Waals surface area contributed by atoms with Crippen molar-refractivity contribution in [2.24, 2.45) is 0 Å². The molecule has 10 heteroatoms. The Hall–Kier alpha value is -1.42. The van der Waals surface area contributed by atoms with E-state index in [4.69, 9.17) is 0 Å². The normalized spacial score (nSPS) is 12.8. The Morgan fingerprint density at radius 1 is 1.36 bits per heavy atom. The molecule has 0 aliphatic carbocycles. The van der Waals surface area contributed by atoms with Crippen LogP contribution in [0.25, 0.3) is 5.65 Å². The predicted octanol–water partition coefficient (Wildman–Crippen LogP) is 2.72. The van der Waals surface area contributed by atoms with E-state index < -0.39 is 44.0 Å². The fourth-order valence-electron chi connectivity index (χ4n) is 1.96. The van der Waals surface area contributed by atoms with Gasteiger partial charge in [-0.25, -0.2) is 13.4 Å². The number of imidazole rings is 1. The minimum atomic E-state index is -4.78. The third kappa shape index (κ3) is 2.76. The monoisotopic (exact) mass is 398 g/mol. The summed E-state index contributed by atoms with van der Waals surface area (Å²) in [4.78, 5) is 15.6. The molecule has 0 aliphatic heterocycles. The Kier molecular flexibility index (Phi) is 4.35. The van der Waals surface area contributed by atoms with E-state index in [1.54, 1.807) is 0 Å². The van der Waals surface area contributed by atoms with Crippen LogP contribution in [-0.2, 0) is 16.0 Å². The smallest absolute Gasteiger partial charge is 0.291 e. The van der Waals surface area contributed by atoms with Crippen LogP contribution in [-0.4, -0.2) is 34.7 Å². The summed E-state index contributed by atoms with van der Waals surface area (Å²) < 4.78 is 64.3. The number of Topliss-reactive ketones (excluding diaryl/α,β-unsaturated/α-hetero) is 1. The van der Waals surface area contributed by atoms with Gasteiger partial charge in [0, 0.05) is 0 Å². The molecule has 22 heavy (non-hydrogen) atoms. The second-order valence-corrected chi connectivity index (χ2v) is 7.08. The lowest BCUT2D eigenvalue weighted by atomic mass is 10.3. The second-order valence-electron chi connectivity index (χ2n) is 4.33. The third-order valence-corrected chi connectivity index (χ3v) is 5.19. The van der Waals surface area contributed by atoms with Crippen molar-refractivity contribution >= 4 is 37.2 Å². The Bertz CT molecular complexity index is 843. The Labute approximate surface area is 132 Å². The summed E-state index contributed by atoms with van der Waals surface area (Å²) in [6.45, 7) is 1.29. The summed E-state index contributed by atoms with van der Waals surface area (Å²) in [7, 11) is -4.09. The molecule has 0 aliphatic rings. The number of sulfone groups is 1. The Morgan fingerprint density at radius 2 is 2.00 bits per heavy atom. The summed E-state index contributed by atoms with van der Waals surface area (Å²) in [6, 6.07) is 3.07. The van der Waals surface area contributed by atoms with Gasteiger partial charge >= 0.3 is 6.18 Å². The number of pyridine rings is 1. The van der Waals surface area contributed by atoms with Gasteiger partial charge in [0.1, 0.15) is 17.0 Å². The minimum absolute atomic E-state index is 0.244. The highest BCUT2D eigenvalue weighted by atomic mass is 79.9. The summed E-state index contributed by atoms with van der Waals surface area (Å²) in [6.07, 6.45) is -4.78. The van der Waals surface area contributed by atoms with Crippen LogP contribution in [0.3, 0.4) is 0 Å². The van der Waals surface area contributed by atoms with Crippen molar-refractivity contribution < 1.29 is 26.4 Å². The first-order valence-corrected chi connectivity index (χ1v) is 8.81. The van der Waals surface area contributed by atoms with Gasteiger partial charge < -0.3 is 0 Å². The van der Waals surface area contributed by atoms with Crippen LogP contribution in [0, 0.1) is 0 Å². The van der Waals surface area contributed by atoms with Crippen molar-refractivity contribution in [2.75, 3.05) is 11.1 Å². The molecule has 0 aromatic carbocycles. The molecule has 0 N–H and O–H groups in total. The molecule has 5 nitrogen and oxygen atoms in total. The predicted molar refractivity (Wildman–Crippen MR) is 76.0 cm³/mol. The van der Waals surface area contributed by atoms with Crippen LogP contribution in [0.15, 0.2) is 23.2 Å². The number of hydrogen-bond acceptors (Lipinski definition) is 4. The van der Waals surface area contributed by atoms with Crippen LogP contribution in [0.4, 0.5) is 13.2 Å². The number of halogens is 4. The fourth-order valence-corrected chi connectivity index (χ4v) is 3.42. The molecule has 0 bridgehead atoms. The zero-order valence-electron chi connectivity index (χ0n) is 11.2. The standard InChI is InChI=1S/C12H10BrF3N2O3S/c1-2-22(20,21)11-10(7(19)6-13)17-9-5-3-4-8(18(9)11)12(14,15)16/h3-5H,2,6H2,1H3. The first-order chi connectivity index (χ1) is 10.1. The van der Waals surface area contributed by atoms with Gasteiger partial charge in [-0.15, -0.1) is 0 Å². The van der Waals surface area contributed by atoms with E-state index >= 15 is 0 Å². The number of carbonyl (C=O) groups excluding carboxylic acids is 1. The number of fused-ring (bicyclic) bond motifs is 1. The first-order valence-electron chi connectivity index (χ1n) is 6.04. The molecule has 0 radical (unpaired) electrons. The number of hydrogen-bond donors (Lipinski definition) is 0. The van der Waals surface area contributed by atoms with Gasteiger partial charge in [-0.3, -0.25) is 9.20 Å². The van der Waals surface area contributed by atoms with E-state index in [1.807, 2.05) is 0 Å². The highest BCUT2D eigenvalue weighted by molar-refractivity contribution is 9.09. The quantitative estimate of drug-likeness (QED) is 0.586. The fraction of sp³-hybridized carbons (Fsp3) is 0.333. The maximum absolute atomic E-state index is 13.1. The molecule has 0 saturated carbocycles. The number of rotatable bonds is 4. The SMILES string of the molecule is CCS(=O)(=O)c1c(C(=O)CBr)nc2cccc(C(F)(F)F)n12. The molecule has 2 heterocycles. The second kappa shape index (κ2) is 5.65. The average molecular weight is 399 g/mol. The van der Waals surface area contributed by atoms with Crippen molar-refractivity contribution in [3.63, 3.8) is 0 Å². The van der Waals surface area contributed by atoms with Gasteiger partial charge in [0.2, 0.25) is 0 Å². The zero-order valence-corrected chi connectivity index (χ0v) is 13.6. The van der Waals surface area contributed by atoms with Gasteiger partial charge in [-0.2, -0.15) is 13.2 Å². The van der Waals surface area contributed by atoms with Gasteiger partial charge in [0.25, 0.3) is 0 Å². The lowest BCUT2D eigenvalue weighted by Gasteiger charge is -2.12.